The average Bonchev–Trinajstić information content (AvgIpc) is 3.30. The molecule has 1 aliphatic rings. The number of thiazole rings is 1. The third kappa shape index (κ3) is 6.32. The van der Waals surface area contributed by atoms with Crippen molar-refractivity contribution in [1.82, 2.24) is 15.6 Å². The molecule has 2 aromatic heterocycles. The Balaban J connectivity index is 0.00000261. The van der Waals surface area contributed by atoms with Crippen LogP contribution in [0.15, 0.2) is 27.9 Å². The molecule has 0 spiro atoms. The summed E-state index contributed by atoms with van der Waals surface area (Å²) in [6.07, 6.45) is 2.26. The highest BCUT2D eigenvalue weighted by Crippen LogP contribution is 2.25. The Morgan fingerprint density at radius 2 is 2.04 bits per heavy atom. The van der Waals surface area contributed by atoms with E-state index in [0.29, 0.717) is 12.6 Å². The van der Waals surface area contributed by atoms with Gasteiger partial charge in [0.2, 0.25) is 0 Å². The lowest BCUT2D eigenvalue weighted by Crippen LogP contribution is -2.48. The summed E-state index contributed by atoms with van der Waals surface area (Å²) in [5.74, 6) is 0.868. The molecule has 0 saturated carbocycles. The van der Waals surface area contributed by atoms with Crippen molar-refractivity contribution >= 4 is 57.6 Å². The number of hydrogen-bond donors (Lipinski definition) is 2. The van der Waals surface area contributed by atoms with Crippen molar-refractivity contribution in [3.63, 3.8) is 0 Å². The van der Waals surface area contributed by atoms with Crippen LogP contribution in [0.4, 0.5) is 5.00 Å². The summed E-state index contributed by atoms with van der Waals surface area (Å²) in [4.78, 5) is 11.6. The third-order valence-corrected chi connectivity index (χ3v) is 6.38. The van der Waals surface area contributed by atoms with E-state index in [1.165, 1.54) is 5.00 Å². The van der Waals surface area contributed by atoms with Crippen molar-refractivity contribution in [3.05, 3.63) is 33.6 Å². The van der Waals surface area contributed by atoms with Crippen LogP contribution in [-0.4, -0.2) is 37.1 Å². The number of hydrogen-bond acceptors (Lipinski definition) is 5. The molecule has 0 aromatic carbocycles. The van der Waals surface area contributed by atoms with Crippen molar-refractivity contribution in [2.75, 3.05) is 25.0 Å². The predicted molar refractivity (Wildman–Crippen MR) is 129 cm³/mol. The smallest absolute Gasteiger partial charge is 0.191 e. The van der Waals surface area contributed by atoms with Crippen molar-refractivity contribution in [1.29, 1.82) is 0 Å². The minimum Gasteiger partial charge on any atom is -0.363 e. The van der Waals surface area contributed by atoms with Crippen LogP contribution in [0.1, 0.15) is 44.3 Å². The first-order chi connectivity index (χ1) is 12.5. The van der Waals surface area contributed by atoms with Crippen LogP contribution >= 0.6 is 46.7 Å². The molecule has 2 aromatic rings. The fourth-order valence-corrected chi connectivity index (χ4v) is 4.72. The lowest BCUT2D eigenvalue weighted by molar-refractivity contribution is 0.462. The van der Waals surface area contributed by atoms with E-state index in [-0.39, 0.29) is 29.4 Å². The van der Waals surface area contributed by atoms with Gasteiger partial charge in [-0.3, -0.25) is 4.99 Å². The Morgan fingerprint density at radius 3 is 2.59 bits per heavy atom. The molecule has 27 heavy (non-hydrogen) atoms. The summed E-state index contributed by atoms with van der Waals surface area (Å²) >= 11 is 3.53. The number of nitrogens with zero attached hydrogens (tertiary/aromatic N) is 3. The zero-order chi connectivity index (χ0) is 18.6. The second-order valence-electron chi connectivity index (χ2n) is 7.66. The molecule has 1 fully saturated rings. The van der Waals surface area contributed by atoms with Gasteiger partial charge in [-0.15, -0.1) is 46.7 Å². The van der Waals surface area contributed by atoms with Crippen molar-refractivity contribution in [3.8, 4) is 0 Å². The molecule has 3 rings (SSSR count). The van der Waals surface area contributed by atoms with Crippen LogP contribution in [0, 0.1) is 0 Å². The summed E-state index contributed by atoms with van der Waals surface area (Å²) < 4.78 is 0. The van der Waals surface area contributed by atoms with Gasteiger partial charge in [0.25, 0.3) is 0 Å². The maximum Gasteiger partial charge on any atom is 0.191 e. The number of guanidine groups is 1. The molecule has 1 aliphatic heterocycles. The van der Waals surface area contributed by atoms with Gasteiger partial charge in [-0.2, -0.15) is 0 Å². The Kier molecular flexibility index (Phi) is 8.36. The highest BCUT2D eigenvalue weighted by atomic mass is 127. The van der Waals surface area contributed by atoms with Gasteiger partial charge in [0.15, 0.2) is 5.96 Å². The molecule has 0 aliphatic carbocycles. The summed E-state index contributed by atoms with van der Waals surface area (Å²) in [6.45, 7) is 9.49. The molecule has 0 unspecified atom stereocenters. The Labute approximate surface area is 187 Å². The van der Waals surface area contributed by atoms with Crippen molar-refractivity contribution in [2.45, 2.75) is 51.6 Å². The zero-order valence-corrected chi connectivity index (χ0v) is 20.5. The third-order valence-electron chi connectivity index (χ3n) is 4.60. The molecule has 1 saturated heterocycles. The quantitative estimate of drug-likeness (QED) is 0.356. The van der Waals surface area contributed by atoms with E-state index in [2.05, 4.69) is 64.2 Å². The number of aromatic nitrogens is 1. The summed E-state index contributed by atoms with van der Waals surface area (Å²) in [6, 6.07) is 4.80. The van der Waals surface area contributed by atoms with E-state index >= 15 is 0 Å². The lowest BCUT2D eigenvalue weighted by Gasteiger charge is -2.33. The number of halogens is 1. The standard InChI is InChI=1S/C19H29N5S2.HI/c1-19(2,3)15-13-26-16(23-15)12-21-18(20-4)22-14-7-9-24(10-8-14)17-6-5-11-25-17;/h5-6,11,13-14H,7-10,12H2,1-4H3,(H2,20,21,22);1H. The van der Waals surface area contributed by atoms with Gasteiger partial charge < -0.3 is 15.5 Å². The maximum atomic E-state index is 4.74. The molecule has 0 amide bonds. The van der Waals surface area contributed by atoms with Gasteiger partial charge >= 0.3 is 0 Å². The van der Waals surface area contributed by atoms with Crippen molar-refractivity contribution in [2.24, 2.45) is 4.99 Å². The minimum absolute atomic E-state index is 0. The van der Waals surface area contributed by atoms with Crippen molar-refractivity contribution < 1.29 is 0 Å². The minimum atomic E-state index is 0. The molecule has 3 heterocycles. The molecule has 0 bridgehead atoms. The highest BCUT2D eigenvalue weighted by Gasteiger charge is 2.21. The number of anilines is 1. The van der Waals surface area contributed by atoms with Crippen LogP contribution in [-0.2, 0) is 12.0 Å². The summed E-state index contributed by atoms with van der Waals surface area (Å²) in [5, 5.41) is 13.8. The van der Waals surface area contributed by atoms with E-state index in [4.69, 9.17) is 4.98 Å². The molecular formula is C19H30IN5S2. The fourth-order valence-electron chi connectivity index (χ4n) is 2.98. The predicted octanol–water partition coefficient (Wildman–Crippen LogP) is 4.45. The maximum absolute atomic E-state index is 4.74. The monoisotopic (exact) mass is 519 g/mol. The first-order valence-electron chi connectivity index (χ1n) is 9.16. The number of nitrogens with one attached hydrogen (secondary N) is 2. The number of aliphatic imine (C=N–C) groups is 1. The van der Waals surface area contributed by atoms with E-state index in [1.807, 2.05) is 18.4 Å². The normalized spacial score (nSPS) is 16.1. The van der Waals surface area contributed by atoms with E-state index in [9.17, 15) is 0 Å². The molecule has 150 valence electrons. The Bertz CT molecular complexity index is 713. The van der Waals surface area contributed by atoms with Gasteiger partial charge in [0, 0.05) is 37.0 Å². The zero-order valence-electron chi connectivity index (χ0n) is 16.5. The Hall–Kier alpha value is -0.870. The van der Waals surface area contributed by atoms with Gasteiger partial charge in [-0.05, 0) is 30.4 Å². The first kappa shape index (κ1) is 22.4. The van der Waals surface area contributed by atoms with E-state index in [0.717, 1.165) is 42.6 Å². The SMILES string of the molecule is CN=C(NCc1nc(C(C)(C)C)cs1)NC1CCN(c2cccs2)CC1.I. The number of piperidine rings is 1. The summed E-state index contributed by atoms with van der Waals surface area (Å²) in [7, 11) is 1.83. The van der Waals surface area contributed by atoms with Crippen LogP contribution in [0.25, 0.3) is 0 Å². The summed E-state index contributed by atoms with van der Waals surface area (Å²) in [5.41, 5.74) is 1.26. The molecule has 5 nitrogen and oxygen atoms in total. The van der Waals surface area contributed by atoms with Gasteiger partial charge in [-0.25, -0.2) is 4.98 Å². The molecule has 0 radical (unpaired) electrons. The number of rotatable bonds is 4. The highest BCUT2D eigenvalue weighted by molar-refractivity contribution is 14.0. The molecular weight excluding hydrogens is 489 g/mol. The largest absolute Gasteiger partial charge is 0.363 e. The van der Waals surface area contributed by atoms with E-state index < -0.39 is 0 Å². The van der Waals surface area contributed by atoms with Gasteiger partial charge in [0.1, 0.15) is 5.01 Å². The molecule has 8 heteroatoms. The van der Waals surface area contributed by atoms with Crippen LogP contribution in [0.5, 0.6) is 0 Å². The van der Waals surface area contributed by atoms with Crippen LogP contribution in [0.2, 0.25) is 0 Å². The topological polar surface area (TPSA) is 52.6 Å². The second-order valence-corrected chi connectivity index (χ2v) is 9.53. The van der Waals surface area contributed by atoms with E-state index in [1.54, 1.807) is 11.3 Å². The molecule has 2 N–H and O–H groups in total. The van der Waals surface area contributed by atoms with Crippen LogP contribution in [0.3, 0.4) is 0 Å². The van der Waals surface area contributed by atoms with Gasteiger partial charge in [0.05, 0.1) is 17.2 Å². The average molecular weight is 520 g/mol. The molecule has 0 atom stereocenters. The first-order valence-corrected chi connectivity index (χ1v) is 10.9. The second kappa shape index (κ2) is 10.1. The Morgan fingerprint density at radius 1 is 1.30 bits per heavy atom. The lowest BCUT2D eigenvalue weighted by atomic mass is 9.93. The van der Waals surface area contributed by atoms with Gasteiger partial charge in [-0.1, -0.05) is 20.8 Å². The van der Waals surface area contributed by atoms with Crippen LogP contribution < -0.4 is 15.5 Å². The fraction of sp³-hybridized carbons (Fsp3) is 0.579. The number of thiophene rings is 1.